The van der Waals surface area contributed by atoms with Crippen molar-refractivity contribution < 1.29 is 4.79 Å². The van der Waals surface area contributed by atoms with Crippen molar-refractivity contribution in [2.75, 3.05) is 31.9 Å². The lowest BCUT2D eigenvalue weighted by Gasteiger charge is -2.34. The van der Waals surface area contributed by atoms with E-state index in [1.54, 1.807) is 11.3 Å². The first-order chi connectivity index (χ1) is 12.0. The van der Waals surface area contributed by atoms with Crippen LogP contribution in [0.25, 0.3) is 0 Å². The molecule has 0 unspecified atom stereocenters. The quantitative estimate of drug-likeness (QED) is 0.892. The molecule has 0 saturated carbocycles. The van der Waals surface area contributed by atoms with Crippen molar-refractivity contribution in [3.63, 3.8) is 0 Å². The molecule has 5 nitrogen and oxygen atoms in total. The third-order valence-corrected chi connectivity index (χ3v) is 5.72. The Labute approximate surface area is 153 Å². The summed E-state index contributed by atoms with van der Waals surface area (Å²) in [5.74, 6) is 0.262. The van der Waals surface area contributed by atoms with Crippen LogP contribution in [0.1, 0.15) is 28.1 Å². The zero-order chi connectivity index (χ0) is 17.8. The second kappa shape index (κ2) is 7.97. The summed E-state index contributed by atoms with van der Waals surface area (Å²) in [7, 11) is 0. The molecule has 0 spiro atoms. The van der Waals surface area contributed by atoms with Gasteiger partial charge in [-0.15, -0.1) is 11.3 Å². The van der Waals surface area contributed by atoms with Gasteiger partial charge < -0.3 is 10.6 Å². The van der Waals surface area contributed by atoms with E-state index in [9.17, 15) is 4.79 Å². The summed E-state index contributed by atoms with van der Waals surface area (Å²) >= 11 is 1.57. The van der Waals surface area contributed by atoms with Crippen molar-refractivity contribution in [3.05, 3.63) is 46.0 Å². The Balaban J connectivity index is 1.44. The number of hydrogen-bond donors (Lipinski definition) is 1. The van der Waals surface area contributed by atoms with Gasteiger partial charge >= 0.3 is 0 Å². The van der Waals surface area contributed by atoms with Crippen molar-refractivity contribution in [2.45, 2.75) is 33.2 Å². The lowest BCUT2D eigenvalue weighted by molar-refractivity contribution is -0.132. The van der Waals surface area contributed by atoms with Crippen LogP contribution in [0.15, 0.2) is 24.3 Å². The van der Waals surface area contributed by atoms with E-state index < -0.39 is 0 Å². The summed E-state index contributed by atoms with van der Waals surface area (Å²) in [4.78, 5) is 22.3. The molecule has 6 heteroatoms. The summed E-state index contributed by atoms with van der Waals surface area (Å²) in [6.07, 6.45) is 1.41. The maximum atomic E-state index is 12.4. The molecule has 1 aromatic heterocycles. The Morgan fingerprint density at radius 1 is 1.16 bits per heavy atom. The maximum Gasteiger partial charge on any atom is 0.222 e. The fraction of sp³-hybridized carbons (Fsp3) is 0.474. The number of carbonyl (C=O) groups excluding carboxylic acids is 1. The fourth-order valence-electron chi connectivity index (χ4n) is 3.12. The number of nitrogen functional groups attached to an aromatic ring is 1. The molecule has 1 aliphatic rings. The Morgan fingerprint density at radius 3 is 2.44 bits per heavy atom. The van der Waals surface area contributed by atoms with Crippen LogP contribution in [-0.4, -0.2) is 46.9 Å². The van der Waals surface area contributed by atoms with Crippen molar-refractivity contribution in [3.8, 4) is 0 Å². The standard InChI is InChI=1S/C19H26N4OS/c1-14-3-5-16(6-4-14)7-8-18(24)23-11-9-22(10-12-23)13-17-15(2)21-19(20)25-17/h3-6H,7-13H2,1-2H3,(H2,20,21). The number of carbonyl (C=O) groups is 1. The normalized spacial score (nSPS) is 15.5. The summed E-state index contributed by atoms with van der Waals surface area (Å²) in [5.41, 5.74) is 9.28. The number of thiazole rings is 1. The molecule has 0 atom stereocenters. The Hall–Kier alpha value is -1.92. The number of hydrogen-bond acceptors (Lipinski definition) is 5. The second-order valence-corrected chi connectivity index (χ2v) is 7.82. The van der Waals surface area contributed by atoms with Crippen LogP contribution in [0.4, 0.5) is 5.13 Å². The van der Waals surface area contributed by atoms with E-state index in [2.05, 4.69) is 41.1 Å². The molecular weight excluding hydrogens is 332 g/mol. The van der Waals surface area contributed by atoms with Gasteiger partial charge in [0.05, 0.1) is 5.69 Å². The third-order valence-electron chi connectivity index (χ3n) is 4.75. The van der Waals surface area contributed by atoms with E-state index in [-0.39, 0.29) is 5.91 Å². The zero-order valence-electron chi connectivity index (χ0n) is 15.0. The smallest absolute Gasteiger partial charge is 0.222 e. The molecule has 1 fully saturated rings. The summed E-state index contributed by atoms with van der Waals surface area (Å²) in [5, 5.41) is 0.636. The van der Waals surface area contributed by atoms with Gasteiger partial charge in [0.2, 0.25) is 5.91 Å². The Kier molecular flexibility index (Phi) is 5.71. The first kappa shape index (κ1) is 17.9. The minimum atomic E-state index is 0.262. The molecule has 3 rings (SSSR count). The third kappa shape index (κ3) is 4.80. The first-order valence-electron chi connectivity index (χ1n) is 8.79. The molecule has 25 heavy (non-hydrogen) atoms. The summed E-state index contributed by atoms with van der Waals surface area (Å²) in [6, 6.07) is 8.44. The molecule has 1 amide bonds. The van der Waals surface area contributed by atoms with Crippen LogP contribution >= 0.6 is 11.3 Å². The van der Waals surface area contributed by atoms with Gasteiger partial charge in [0.1, 0.15) is 0 Å². The topological polar surface area (TPSA) is 62.5 Å². The predicted octanol–water partition coefficient (Wildman–Crippen LogP) is 2.62. The predicted molar refractivity (Wildman–Crippen MR) is 103 cm³/mol. The van der Waals surface area contributed by atoms with Crippen LogP contribution in [-0.2, 0) is 17.8 Å². The number of rotatable bonds is 5. The Morgan fingerprint density at radius 2 is 1.84 bits per heavy atom. The van der Waals surface area contributed by atoms with Gasteiger partial charge in [-0.05, 0) is 25.8 Å². The van der Waals surface area contributed by atoms with Gasteiger partial charge in [-0.3, -0.25) is 9.69 Å². The fourth-order valence-corrected chi connectivity index (χ4v) is 4.00. The average molecular weight is 359 g/mol. The number of aryl methyl sites for hydroxylation is 3. The minimum absolute atomic E-state index is 0.262. The molecule has 1 aromatic carbocycles. The molecule has 0 bridgehead atoms. The first-order valence-corrected chi connectivity index (χ1v) is 9.60. The monoisotopic (exact) mass is 358 g/mol. The molecule has 134 valence electrons. The van der Waals surface area contributed by atoms with Crippen molar-refractivity contribution >= 4 is 22.4 Å². The maximum absolute atomic E-state index is 12.4. The number of nitrogens with two attached hydrogens (primary N) is 1. The SMILES string of the molecule is Cc1ccc(CCC(=O)N2CCN(Cc3sc(N)nc3C)CC2)cc1. The van der Waals surface area contributed by atoms with Crippen molar-refractivity contribution in [1.29, 1.82) is 0 Å². The number of anilines is 1. The molecule has 2 heterocycles. The highest BCUT2D eigenvalue weighted by atomic mass is 32.1. The molecular formula is C19H26N4OS. The lowest BCUT2D eigenvalue weighted by atomic mass is 10.1. The van der Waals surface area contributed by atoms with Crippen LogP contribution in [0.3, 0.4) is 0 Å². The minimum Gasteiger partial charge on any atom is -0.375 e. The highest BCUT2D eigenvalue weighted by Gasteiger charge is 2.22. The van der Waals surface area contributed by atoms with E-state index in [1.165, 1.54) is 16.0 Å². The van der Waals surface area contributed by atoms with E-state index in [0.717, 1.165) is 44.8 Å². The molecule has 0 radical (unpaired) electrons. The summed E-state index contributed by atoms with van der Waals surface area (Å²) < 4.78 is 0. The Bertz CT molecular complexity index is 718. The van der Waals surface area contributed by atoms with Crippen LogP contribution in [0.5, 0.6) is 0 Å². The number of benzene rings is 1. The average Bonchev–Trinajstić information content (AvgIpc) is 2.92. The number of nitrogens with zero attached hydrogens (tertiary/aromatic N) is 3. The van der Waals surface area contributed by atoms with Crippen LogP contribution in [0.2, 0.25) is 0 Å². The molecule has 0 aliphatic carbocycles. The van der Waals surface area contributed by atoms with E-state index in [4.69, 9.17) is 5.73 Å². The number of piperazine rings is 1. The van der Waals surface area contributed by atoms with Crippen molar-refractivity contribution in [2.24, 2.45) is 0 Å². The van der Waals surface area contributed by atoms with E-state index >= 15 is 0 Å². The van der Waals surface area contributed by atoms with Gasteiger partial charge in [-0.2, -0.15) is 0 Å². The van der Waals surface area contributed by atoms with Gasteiger partial charge in [-0.25, -0.2) is 4.98 Å². The largest absolute Gasteiger partial charge is 0.375 e. The van der Waals surface area contributed by atoms with E-state index in [0.29, 0.717) is 11.6 Å². The highest BCUT2D eigenvalue weighted by Crippen LogP contribution is 2.22. The lowest BCUT2D eigenvalue weighted by Crippen LogP contribution is -2.48. The van der Waals surface area contributed by atoms with E-state index in [1.807, 2.05) is 11.8 Å². The van der Waals surface area contributed by atoms with Crippen LogP contribution < -0.4 is 5.73 Å². The molecule has 1 aliphatic heterocycles. The number of amides is 1. The van der Waals surface area contributed by atoms with Gasteiger partial charge in [0, 0.05) is 44.0 Å². The highest BCUT2D eigenvalue weighted by molar-refractivity contribution is 7.15. The number of aromatic nitrogens is 1. The van der Waals surface area contributed by atoms with Gasteiger partial charge in [-0.1, -0.05) is 29.8 Å². The zero-order valence-corrected chi connectivity index (χ0v) is 15.8. The summed E-state index contributed by atoms with van der Waals surface area (Å²) in [6.45, 7) is 8.40. The molecule has 1 saturated heterocycles. The second-order valence-electron chi connectivity index (χ2n) is 6.70. The van der Waals surface area contributed by atoms with Crippen molar-refractivity contribution in [1.82, 2.24) is 14.8 Å². The van der Waals surface area contributed by atoms with Gasteiger partial charge in [0.15, 0.2) is 5.13 Å². The van der Waals surface area contributed by atoms with Gasteiger partial charge in [0.25, 0.3) is 0 Å². The molecule has 2 N–H and O–H groups in total. The van der Waals surface area contributed by atoms with Crippen LogP contribution in [0, 0.1) is 13.8 Å². The molecule has 2 aromatic rings.